The summed E-state index contributed by atoms with van der Waals surface area (Å²) < 4.78 is 16.1. The normalized spacial score (nSPS) is 14.7. The Hall–Kier alpha value is -1.54. The quantitative estimate of drug-likeness (QED) is 0.460. The maximum Gasteiger partial charge on any atom is -0.147 e. The van der Waals surface area contributed by atoms with Crippen LogP contribution in [0.2, 0.25) is 0 Å². The number of benzene rings is 2. The van der Waals surface area contributed by atoms with E-state index in [9.17, 15) is 0 Å². The Morgan fingerprint density at radius 1 is 0.593 bits per heavy atom. The van der Waals surface area contributed by atoms with Crippen LogP contribution in [0.1, 0.15) is 12.8 Å². The average molecular weight is 481 g/mol. The smallest absolute Gasteiger partial charge is 0.147 e. The monoisotopic (exact) mass is 478 g/mol. The second-order valence-electron chi connectivity index (χ2n) is 6.10. The standard InChI is InChI=1S/2C6H6O.2C5H5.2ClH.Zr/c2*7-6-4-2-1-3-5-6;2*1-2-4-5-3-1;;;/h2*1-5,7H;2*1-3H,4H2;2*1H;/q;;;;;;+2/p-2. The zero-order valence-corrected chi connectivity index (χ0v) is 18.9. The van der Waals surface area contributed by atoms with Gasteiger partial charge < -0.3 is 0 Å². The van der Waals surface area contributed by atoms with Gasteiger partial charge in [-0.25, -0.2) is 0 Å². The average Bonchev–Trinajstić information content (AvgIpc) is 3.37. The molecule has 0 heterocycles. The van der Waals surface area contributed by atoms with Gasteiger partial charge in [0, 0.05) is 0 Å². The van der Waals surface area contributed by atoms with Gasteiger partial charge in [0.05, 0.1) is 0 Å². The Labute approximate surface area is 178 Å². The molecule has 27 heavy (non-hydrogen) atoms. The molecule has 0 aliphatic heterocycles. The summed E-state index contributed by atoms with van der Waals surface area (Å²) in [6.45, 7) is 0. The fourth-order valence-electron chi connectivity index (χ4n) is 3.18. The van der Waals surface area contributed by atoms with Crippen LogP contribution in [0.5, 0.6) is 11.5 Å². The number of halogens is 2. The van der Waals surface area contributed by atoms with Crippen molar-refractivity contribution < 1.29 is 26.8 Å². The molecule has 0 aromatic heterocycles. The minimum atomic E-state index is -3.78. The number of hydrogen-bond donors (Lipinski definition) is 0. The summed E-state index contributed by atoms with van der Waals surface area (Å²) >= 11 is -3.78. The third-order valence-corrected chi connectivity index (χ3v) is 12.9. The zero-order chi connectivity index (χ0) is 17.0. The van der Waals surface area contributed by atoms with Gasteiger partial charge in [0.15, 0.2) is 0 Å². The van der Waals surface area contributed by atoms with Gasteiger partial charge in [0.2, 0.25) is 0 Å². The van der Waals surface area contributed by atoms with Crippen molar-refractivity contribution in [2.24, 2.45) is 0 Å². The fourth-order valence-corrected chi connectivity index (χ4v) is 11.3. The molecular weight excluding hydrogens is 458 g/mol. The predicted molar refractivity (Wildman–Crippen MR) is 112 cm³/mol. The maximum absolute atomic E-state index is 6.75. The first-order chi connectivity index (χ1) is 12.4. The van der Waals surface area contributed by atoms with Gasteiger partial charge in [0.1, 0.15) is 0 Å². The largest absolute Gasteiger partial charge is 0.147 e. The van der Waals surface area contributed by atoms with Crippen LogP contribution in [-0.2, 0) is 21.1 Å². The van der Waals surface area contributed by atoms with Crippen LogP contribution in [0.25, 0.3) is 0 Å². The Kier molecular flexibility index (Phi) is 8.16. The van der Waals surface area contributed by atoms with Crippen LogP contribution in [0, 0.1) is 0 Å². The van der Waals surface area contributed by atoms with Crippen molar-refractivity contribution in [1.82, 2.24) is 0 Å². The molecule has 2 aromatic rings. The molecule has 0 atom stereocenters. The van der Waals surface area contributed by atoms with E-state index >= 15 is 0 Å². The van der Waals surface area contributed by atoms with E-state index in [1.807, 2.05) is 60.7 Å². The summed E-state index contributed by atoms with van der Waals surface area (Å²) in [4.78, 5) is 0. The number of hydrogen-bond acceptors (Lipinski definition) is 2. The summed E-state index contributed by atoms with van der Waals surface area (Å²) in [5.74, 6) is 1.77. The SMILES string of the molecule is C1=CC[C]([Zr]([O]c2ccccc2)([O]c2ccccc2)[C]2=CC=CC2)=C1.Cl.Cl. The van der Waals surface area contributed by atoms with E-state index in [-0.39, 0.29) is 24.8 Å². The van der Waals surface area contributed by atoms with Crippen LogP contribution in [-0.4, -0.2) is 0 Å². The molecule has 0 N–H and O–H groups in total. The third kappa shape index (κ3) is 4.85. The van der Waals surface area contributed by atoms with Crippen molar-refractivity contribution >= 4 is 24.8 Å². The second kappa shape index (κ2) is 10.1. The van der Waals surface area contributed by atoms with Crippen molar-refractivity contribution in [3.8, 4) is 11.5 Å². The fraction of sp³-hybridized carbons (Fsp3) is 0.0909. The molecule has 2 aromatic carbocycles. The molecule has 2 nitrogen and oxygen atoms in total. The van der Waals surface area contributed by atoms with Gasteiger partial charge in [-0.05, 0) is 0 Å². The molecule has 0 unspecified atom stereocenters. The molecule has 4 rings (SSSR count). The van der Waals surface area contributed by atoms with E-state index < -0.39 is 21.1 Å². The van der Waals surface area contributed by atoms with Crippen LogP contribution in [0.4, 0.5) is 0 Å². The minimum Gasteiger partial charge on any atom is -0.147 e. The van der Waals surface area contributed by atoms with Crippen LogP contribution >= 0.6 is 24.8 Å². The van der Waals surface area contributed by atoms with E-state index in [4.69, 9.17) is 5.63 Å². The molecule has 0 amide bonds. The first-order valence-electron chi connectivity index (χ1n) is 8.57. The molecule has 2 aliphatic carbocycles. The van der Waals surface area contributed by atoms with E-state index in [0.29, 0.717) is 0 Å². The minimum absolute atomic E-state index is 0. The summed E-state index contributed by atoms with van der Waals surface area (Å²) in [7, 11) is 0. The molecule has 0 saturated heterocycles. The number of allylic oxidation sites excluding steroid dienone is 8. The summed E-state index contributed by atoms with van der Waals surface area (Å²) in [5, 5.41) is 0. The molecule has 0 bridgehead atoms. The zero-order valence-electron chi connectivity index (χ0n) is 14.8. The van der Waals surface area contributed by atoms with Crippen molar-refractivity contribution in [2.75, 3.05) is 0 Å². The van der Waals surface area contributed by atoms with Gasteiger partial charge in [-0.1, -0.05) is 0 Å². The summed E-state index contributed by atoms with van der Waals surface area (Å²) in [6, 6.07) is 20.1. The van der Waals surface area contributed by atoms with Crippen LogP contribution in [0.15, 0.2) is 104 Å². The molecule has 2 aliphatic rings. The van der Waals surface area contributed by atoms with Gasteiger partial charge >= 0.3 is 155 Å². The van der Waals surface area contributed by atoms with E-state index in [2.05, 4.69) is 36.5 Å². The first kappa shape index (κ1) is 21.8. The Morgan fingerprint density at radius 3 is 1.33 bits per heavy atom. The van der Waals surface area contributed by atoms with Gasteiger partial charge in [-0.15, -0.1) is 24.8 Å². The molecule has 5 heteroatoms. The molecule has 140 valence electrons. The van der Waals surface area contributed by atoms with Crippen LogP contribution < -0.4 is 5.63 Å². The van der Waals surface area contributed by atoms with Crippen molar-refractivity contribution in [3.63, 3.8) is 0 Å². The Balaban J connectivity index is 0.00000131. The van der Waals surface area contributed by atoms with Gasteiger partial charge in [-0.2, -0.15) is 0 Å². The van der Waals surface area contributed by atoms with Gasteiger partial charge in [0.25, 0.3) is 0 Å². The third-order valence-electron chi connectivity index (χ3n) is 4.40. The number of para-hydroxylation sites is 2. The Bertz CT molecular complexity index is 785. The maximum atomic E-state index is 6.75. The molecule has 0 radical (unpaired) electrons. The first-order valence-corrected chi connectivity index (χ1v) is 13.0. The van der Waals surface area contributed by atoms with Crippen molar-refractivity contribution in [3.05, 3.63) is 104 Å². The summed E-state index contributed by atoms with van der Waals surface area (Å²) in [5.41, 5.74) is 0. The van der Waals surface area contributed by atoms with Crippen LogP contribution in [0.3, 0.4) is 0 Å². The molecule has 0 saturated carbocycles. The predicted octanol–water partition coefficient (Wildman–Crippen LogP) is 6.66. The topological polar surface area (TPSA) is 18.5 Å². The molecule has 0 fully saturated rings. The molecular formula is C22H22Cl2O2Zr. The number of rotatable bonds is 6. The van der Waals surface area contributed by atoms with E-state index in [1.54, 1.807) is 0 Å². The molecule has 0 spiro atoms. The van der Waals surface area contributed by atoms with Crippen molar-refractivity contribution in [2.45, 2.75) is 12.8 Å². The Morgan fingerprint density at radius 2 is 1.00 bits per heavy atom. The van der Waals surface area contributed by atoms with Gasteiger partial charge in [-0.3, -0.25) is 0 Å². The van der Waals surface area contributed by atoms with Crippen molar-refractivity contribution in [1.29, 1.82) is 0 Å². The second-order valence-corrected chi connectivity index (χ2v) is 13.3. The summed E-state index contributed by atoms with van der Waals surface area (Å²) in [6.07, 6.45) is 14.8. The van der Waals surface area contributed by atoms with E-state index in [1.165, 1.54) is 6.56 Å². The van der Waals surface area contributed by atoms with E-state index in [0.717, 1.165) is 24.3 Å².